The Morgan fingerprint density at radius 1 is 1.37 bits per heavy atom. The Bertz CT molecular complexity index is 440. The molecule has 1 aliphatic rings. The van der Waals surface area contributed by atoms with Crippen LogP contribution in [-0.2, 0) is 0 Å². The predicted octanol–water partition coefficient (Wildman–Crippen LogP) is 3.45. The Labute approximate surface area is 114 Å². The Balaban J connectivity index is 1.93. The molecule has 0 spiro atoms. The van der Waals surface area contributed by atoms with Crippen LogP contribution in [0.5, 0.6) is 0 Å². The topological polar surface area (TPSA) is 62.5 Å². The lowest BCUT2D eigenvalue weighted by molar-refractivity contribution is 0.0659. The average Bonchev–Trinajstić information content (AvgIpc) is 2.83. The van der Waals surface area contributed by atoms with Gasteiger partial charge in [-0.15, -0.1) is 0 Å². The van der Waals surface area contributed by atoms with Gasteiger partial charge in [-0.05, 0) is 50.2 Å². The molecule has 0 aliphatic heterocycles. The van der Waals surface area contributed by atoms with Gasteiger partial charge in [-0.1, -0.05) is 13.8 Å². The number of hydrogen-bond acceptors (Lipinski definition) is 3. The molecule has 106 valence electrons. The molecule has 1 aliphatic carbocycles. The Hall–Kier alpha value is -1.29. The van der Waals surface area contributed by atoms with E-state index in [1.54, 1.807) is 6.07 Å². The van der Waals surface area contributed by atoms with Crippen molar-refractivity contribution in [3.8, 4) is 0 Å². The van der Waals surface area contributed by atoms with E-state index in [1.807, 2.05) is 6.92 Å². The van der Waals surface area contributed by atoms with E-state index >= 15 is 0 Å². The molecular formula is C15H23NO3. The highest BCUT2D eigenvalue weighted by molar-refractivity contribution is 5.84. The van der Waals surface area contributed by atoms with Crippen LogP contribution in [0.25, 0.3) is 0 Å². The standard InChI is InChI=1S/C15H23NO3/c1-9-4-5-12(8-10(9)2)16-11(3)13-6-7-14(19-13)15(17)18/h6-7,9-12,16H,4-5,8H2,1-3H3,(H,17,18). The van der Waals surface area contributed by atoms with Crippen molar-refractivity contribution in [2.75, 3.05) is 0 Å². The molecule has 4 heteroatoms. The highest BCUT2D eigenvalue weighted by Gasteiger charge is 2.26. The molecule has 0 amide bonds. The maximum absolute atomic E-state index is 10.8. The zero-order chi connectivity index (χ0) is 14.0. The second-order valence-electron chi connectivity index (χ2n) is 5.86. The van der Waals surface area contributed by atoms with Gasteiger partial charge in [0.25, 0.3) is 0 Å². The van der Waals surface area contributed by atoms with Crippen LogP contribution in [0.2, 0.25) is 0 Å². The summed E-state index contributed by atoms with van der Waals surface area (Å²) >= 11 is 0. The minimum atomic E-state index is -1.02. The van der Waals surface area contributed by atoms with Gasteiger partial charge in [-0.2, -0.15) is 0 Å². The van der Waals surface area contributed by atoms with E-state index in [-0.39, 0.29) is 11.8 Å². The number of hydrogen-bond donors (Lipinski definition) is 2. The first-order valence-electron chi connectivity index (χ1n) is 7.06. The lowest BCUT2D eigenvalue weighted by Gasteiger charge is -2.34. The summed E-state index contributed by atoms with van der Waals surface area (Å²) in [5.74, 6) is 1.23. The summed E-state index contributed by atoms with van der Waals surface area (Å²) < 4.78 is 5.33. The van der Waals surface area contributed by atoms with Crippen molar-refractivity contribution in [2.24, 2.45) is 11.8 Å². The van der Waals surface area contributed by atoms with E-state index in [1.165, 1.54) is 25.3 Å². The molecule has 0 aromatic carbocycles. The largest absolute Gasteiger partial charge is 0.475 e. The zero-order valence-corrected chi connectivity index (χ0v) is 11.8. The quantitative estimate of drug-likeness (QED) is 0.875. The van der Waals surface area contributed by atoms with Crippen LogP contribution in [0, 0.1) is 11.8 Å². The van der Waals surface area contributed by atoms with Gasteiger partial charge in [0.15, 0.2) is 0 Å². The van der Waals surface area contributed by atoms with Crippen molar-refractivity contribution in [2.45, 2.75) is 52.1 Å². The van der Waals surface area contributed by atoms with Crippen molar-refractivity contribution in [3.05, 3.63) is 23.7 Å². The molecule has 1 heterocycles. The van der Waals surface area contributed by atoms with Crippen molar-refractivity contribution < 1.29 is 14.3 Å². The molecule has 1 fully saturated rings. The van der Waals surface area contributed by atoms with Gasteiger partial charge < -0.3 is 14.8 Å². The number of nitrogens with one attached hydrogen (secondary N) is 1. The van der Waals surface area contributed by atoms with Crippen LogP contribution in [0.4, 0.5) is 0 Å². The number of furan rings is 1. The van der Waals surface area contributed by atoms with E-state index in [0.717, 1.165) is 11.8 Å². The second kappa shape index (κ2) is 5.78. The molecule has 2 N–H and O–H groups in total. The molecule has 0 bridgehead atoms. The maximum atomic E-state index is 10.8. The molecule has 4 atom stereocenters. The molecule has 1 aromatic heterocycles. The van der Waals surface area contributed by atoms with Crippen LogP contribution >= 0.6 is 0 Å². The highest BCUT2D eigenvalue weighted by atomic mass is 16.4. The minimum absolute atomic E-state index is 0.00860. The van der Waals surface area contributed by atoms with Gasteiger partial charge in [-0.25, -0.2) is 4.79 Å². The van der Waals surface area contributed by atoms with E-state index in [0.29, 0.717) is 11.8 Å². The summed E-state index contributed by atoms with van der Waals surface area (Å²) in [6.07, 6.45) is 3.62. The number of carbonyl (C=O) groups is 1. The second-order valence-corrected chi connectivity index (χ2v) is 5.86. The summed E-state index contributed by atoms with van der Waals surface area (Å²) in [7, 11) is 0. The molecule has 0 radical (unpaired) electrons. The molecule has 19 heavy (non-hydrogen) atoms. The van der Waals surface area contributed by atoms with Crippen molar-refractivity contribution in [3.63, 3.8) is 0 Å². The lowest BCUT2D eigenvalue weighted by Crippen LogP contribution is -2.37. The third-order valence-electron chi connectivity index (χ3n) is 4.35. The Morgan fingerprint density at radius 2 is 2.11 bits per heavy atom. The summed E-state index contributed by atoms with van der Waals surface area (Å²) in [4.78, 5) is 10.8. The normalized spacial score (nSPS) is 29.1. The third kappa shape index (κ3) is 3.38. The maximum Gasteiger partial charge on any atom is 0.371 e. The lowest BCUT2D eigenvalue weighted by atomic mass is 9.79. The van der Waals surface area contributed by atoms with Crippen LogP contribution in [0.1, 0.15) is 62.4 Å². The molecular weight excluding hydrogens is 242 g/mol. The first kappa shape index (κ1) is 14.1. The van der Waals surface area contributed by atoms with Gasteiger partial charge in [0.05, 0.1) is 6.04 Å². The Morgan fingerprint density at radius 3 is 2.68 bits per heavy atom. The van der Waals surface area contributed by atoms with Crippen molar-refractivity contribution in [1.29, 1.82) is 0 Å². The molecule has 1 aromatic rings. The van der Waals surface area contributed by atoms with Gasteiger partial charge >= 0.3 is 5.97 Å². The number of aromatic carboxylic acids is 1. The average molecular weight is 265 g/mol. The number of rotatable bonds is 4. The fourth-order valence-corrected chi connectivity index (χ4v) is 2.84. The molecule has 0 saturated heterocycles. The van der Waals surface area contributed by atoms with Crippen molar-refractivity contribution in [1.82, 2.24) is 5.32 Å². The van der Waals surface area contributed by atoms with E-state index < -0.39 is 5.97 Å². The molecule has 4 unspecified atom stereocenters. The minimum Gasteiger partial charge on any atom is -0.475 e. The number of carboxylic acids is 1. The van der Waals surface area contributed by atoms with Gasteiger partial charge in [0, 0.05) is 6.04 Å². The summed E-state index contributed by atoms with van der Waals surface area (Å²) in [5.41, 5.74) is 0. The van der Waals surface area contributed by atoms with Crippen LogP contribution < -0.4 is 5.32 Å². The van der Waals surface area contributed by atoms with Gasteiger partial charge in [-0.3, -0.25) is 0 Å². The molecule has 1 saturated carbocycles. The summed E-state index contributed by atoms with van der Waals surface area (Å²) in [6, 6.07) is 3.82. The Kier molecular flexibility index (Phi) is 4.30. The van der Waals surface area contributed by atoms with Gasteiger partial charge in [0.2, 0.25) is 5.76 Å². The third-order valence-corrected chi connectivity index (χ3v) is 4.35. The highest BCUT2D eigenvalue weighted by Crippen LogP contribution is 2.30. The first-order valence-corrected chi connectivity index (χ1v) is 7.06. The molecule has 4 nitrogen and oxygen atoms in total. The van der Waals surface area contributed by atoms with Crippen molar-refractivity contribution >= 4 is 5.97 Å². The van der Waals surface area contributed by atoms with Crippen LogP contribution in [0.3, 0.4) is 0 Å². The van der Waals surface area contributed by atoms with Crippen LogP contribution in [-0.4, -0.2) is 17.1 Å². The monoisotopic (exact) mass is 265 g/mol. The van der Waals surface area contributed by atoms with Gasteiger partial charge in [0.1, 0.15) is 5.76 Å². The summed E-state index contributed by atoms with van der Waals surface area (Å²) in [5, 5.41) is 12.4. The SMILES string of the molecule is CC(NC1CCC(C)C(C)C1)c1ccc(C(=O)O)o1. The predicted molar refractivity (Wildman–Crippen MR) is 73.2 cm³/mol. The van der Waals surface area contributed by atoms with E-state index in [2.05, 4.69) is 19.2 Å². The van der Waals surface area contributed by atoms with E-state index in [4.69, 9.17) is 9.52 Å². The fourth-order valence-electron chi connectivity index (χ4n) is 2.84. The number of carboxylic acid groups (broad SMARTS) is 1. The fraction of sp³-hybridized carbons (Fsp3) is 0.667. The first-order chi connectivity index (χ1) is 8.97. The van der Waals surface area contributed by atoms with Crippen LogP contribution in [0.15, 0.2) is 16.5 Å². The van der Waals surface area contributed by atoms with E-state index in [9.17, 15) is 4.79 Å². The summed E-state index contributed by atoms with van der Waals surface area (Å²) in [6.45, 7) is 6.64. The smallest absolute Gasteiger partial charge is 0.371 e. The molecule has 2 rings (SSSR count). The zero-order valence-electron chi connectivity index (χ0n) is 11.8.